The molecule has 1 N–H and O–H groups in total. The Hall–Kier alpha value is -1.46. The summed E-state index contributed by atoms with van der Waals surface area (Å²) in [5.41, 5.74) is 4.27. The number of hydrogen-bond acceptors (Lipinski definition) is 5. The monoisotopic (exact) mass is 290 g/mol. The number of rotatable bonds is 5. The van der Waals surface area contributed by atoms with Gasteiger partial charge in [0.2, 0.25) is 0 Å². The maximum Gasteiger partial charge on any atom is 0.128 e. The number of pyridine rings is 1. The molecule has 2 rings (SSSR count). The van der Waals surface area contributed by atoms with Gasteiger partial charge in [-0.1, -0.05) is 6.07 Å². The number of nitrogens with zero attached hydrogens (tertiary/aromatic N) is 3. The normalized spacial score (nSPS) is 11.6. The molecule has 0 aliphatic carbocycles. The summed E-state index contributed by atoms with van der Waals surface area (Å²) in [6.45, 7) is 8.12. The number of thiazole rings is 1. The molecule has 20 heavy (non-hydrogen) atoms. The molecule has 2 aromatic heterocycles. The third-order valence-corrected chi connectivity index (χ3v) is 3.54. The lowest BCUT2D eigenvalue weighted by molar-refractivity contribution is 0.424. The van der Waals surface area contributed by atoms with Crippen LogP contribution in [0.1, 0.15) is 32.0 Å². The lowest BCUT2D eigenvalue weighted by Crippen LogP contribution is -2.35. The van der Waals surface area contributed by atoms with Crippen LogP contribution in [0, 0.1) is 0 Å². The molecule has 2 aromatic rings. The molecular formula is C15H22N4S. The molecule has 2 heterocycles. The summed E-state index contributed by atoms with van der Waals surface area (Å²) in [7, 11) is 2.04. The summed E-state index contributed by atoms with van der Waals surface area (Å²) in [6.07, 6.45) is 1.94. The fourth-order valence-corrected chi connectivity index (χ4v) is 2.30. The summed E-state index contributed by atoms with van der Waals surface area (Å²) in [5.74, 6) is 0.970. The summed E-state index contributed by atoms with van der Waals surface area (Å²) >= 11 is 1.62. The first-order chi connectivity index (χ1) is 9.44. The molecule has 0 unspecified atom stereocenters. The van der Waals surface area contributed by atoms with Crippen LogP contribution in [-0.4, -0.2) is 22.6 Å². The Morgan fingerprint density at radius 3 is 2.60 bits per heavy atom. The van der Waals surface area contributed by atoms with Gasteiger partial charge in [0.05, 0.1) is 17.7 Å². The molecule has 0 saturated heterocycles. The molecule has 0 atom stereocenters. The number of nitrogens with one attached hydrogen (secondary N) is 1. The van der Waals surface area contributed by atoms with Crippen molar-refractivity contribution in [2.45, 2.75) is 39.4 Å². The molecule has 0 radical (unpaired) electrons. The molecule has 0 amide bonds. The summed E-state index contributed by atoms with van der Waals surface area (Å²) in [4.78, 5) is 10.9. The van der Waals surface area contributed by atoms with Gasteiger partial charge in [-0.3, -0.25) is 0 Å². The zero-order chi connectivity index (χ0) is 14.6. The van der Waals surface area contributed by atoms with Crippen LogP contribution in [0.5, 0.6) is 0 Å². The van der Waals surface area contributed by atoms with E-state index in [0.29, 0.717) is 0 Å². The van der Waals surface area contributed by atoms with Gasteiger partial charge in [-0.2, -0.15) is 0 Å². The van der Waals surface area contributed by atoms with Gasteiger partial charge in [0, 0.05) is 30.7 Å². The second-order valence-electron chi connectivity index (χ2n) is 5.96. The van der Waals surface area contributed by atoms with Gasteiger partial charge in [-0.25, -0.2) is 9.97 Å². The van der Waals surface area contributed by atoms with E-state index in [-0.39, 0.29) is 5.54 Å². The molecule has 108 valence electrons. The molecule has 0 aliphatic heterocycles. The van der Waals surface area contributed by atoms with E-state index in [9.17, 15) is 0 Å². The molecule has 4 nitrogen and oxygen atoms in total. The molecular weight excluding hydrogens is 268 g/mol. The minimum atomic E-state index is 0.125. The van der Waals surface area contributed by atoms with Crippen molar-refractivity contribution in [3.8, 4) is 0 Å². The van der Waals surface area contributed by atoms with Crippen LogP contribution in [0.15, 0.2) is 29.2 Å². The van der Waals surface area contributed by atoms with E-state index in [1.54, 1.807) is 11.3 Å². The van der Waals surface area contributed by atoms with Crippen molar-refractivity contribution in [2.24, 2.45) is 0 Å². The van der Waals surface area contributed by atoms with Gasteiger partial charge >= 0.3 is 0 Å². The van der Waals surface area contributed by atoms with Crippen LogP contribution in [0.2, 0.25) is 0 Å². The predicted octanol–water partition coefficient (Wildman–Crippen LogP) is 3.06. The van der Waals surface area contributed by atoms with Gasteiger partial charge in [-0.15, -0.1) is 11.3 Å². The van der Waals surface area contributed by atoms with Crippen molar-refractivity contribution in [2.75, 3.05) is 11.9 Å². The number of aromatic nitrogens is 2. The highest BCUT2D eigenvalue weighted by molar-refractivity contribution is 7.07. The van der Waals surface area contributed by atoms with Gasteiger partial charge in [0.15, 0.2) is 0 Å². The van der Waals surface area contributed by atoms with E-state index in [1.165, 1.54) is 5.56 Å². The van der Waals surface area contributed by atoms with Gasteiger partial charge in [0.1, 0.15) is 5.82 Å². The minimum absolute atomic E-state index is 0.125. The molecule has 0 fully saturated rings. The van der Waals surface area contributed by atoms with Crippen LogP contribution in [0.25, 0.3) is 0 Å². The molecule has 0 saturated carbocycles. The first-order valence-electron chi connectivity index (χ1n) is 6.72. The van der Waals surface area contributed by atoms with E-state index in [0.717, 1.165) is 24.6 Å². The fraction of sp³-hybridized carbons (Fsp3) is 0.467. The Balaban J connectivity index is 1.93. The second kappa shape index (κ2) is 6.33. The quantitative estimate of drug-likeness (QED) is 0.919. The topological polar surface area (TPSA) is 41.1 Å². The third kappa shape index (κ3) is 4.58. The first kappa shape index (κ1) is 14.9. The van der Waals surface area contributed by atoms with E-state index >= 15 is 0 Å². The number of hydrogen-bond donors (Lipinski definition) is 1. The highest BCUT2D eigenvalue weighted by Crippen LogP contribution is 2.13. The zero-order valence-electron chi connectivity index (χ0n) is 12.6. The zero-order valence-corrected chi connectivity index (χ0v) is 13.4. The van der Waals surface area contributed by atoms with Crippen LogP contribution >= 0.6 is 11.3 Å². The predicted molar refractivity (Wildman–Crippen MR) is 85.1 cm³/mol. The molecule has 0 spiro atoms. The Bertz CT molecular complexity index is 514. The maximum atomic E-state index is 4.52. The standard InChI is InChI=1S/C15H22N4S/c1-15(2,3)18-8-12-5-6-14(16-7-12)19(4)9-13-10-20-11-17-13/h5-7,10-11,18H,8-9H2,1-4H3. The third-order valence-electron chi connectivity index (χ3n) is 2.91. The number of anilines is 1. The van der Waals surface area contributed by atoms with Crippen LogP contribution in [0.3, 0.4) is 0 Å². The molecule has 0 aromatic carbocycles. The Morgan fingerprint density at radius 2 is 2.05 bits per heavy atom. The first-order valence-corrected chi connectivity index (χ1v) is 7.66. The lowest BCUT2D eigenvalue weighted by atomic mass is 10.1. The van der Waals surface area contributed by atoms with Crippen molar-refractivity contribution in [3.63, 3.8) is 0 Å². The van der Waals surface area contributed by atoms with E-state index < -0.39 is 0 Å². The van der Waals surface area contributed by atoms with Crippen molar-refractivity contribution >= 4 is 17.2 Å². The van der Waals surface area contributed by atoms with Crippen molar-refractivity contribution < 1.29 is 0 Å². The summed E-state index contributed by atoms with van der Waals surface area (Å²) in [6, 6.07) is 4.19. The van der Waals surface area contributed by atoms with Crippen LogP contribution in [0.4, 0.5) is 5.82 Å². The lowest BCUT2D eigenvalue weighted by Gasteiger charge is -2.21. The smallest absolute Gasteiger partial charge is 0.128 e. The Labute approximate surface area is 124 Å². The SMILES string of the molecule is CN(Cc1cscn1)c1ccc(CNC(C)(C)C)cn1. The highest BCUT2D eigenvalue weighted by Gasteiger charge is 2.09. The van der Waals surface area contributed by atoms with Crippen molar-refractivity contribution in [1.82, 2.24) is 15.3 Å². The van der Waals surface area contributed by atoms with Gasteiger partial charge < -0.3 is 10.2 Å². The summed E-state index contributed by atoms with van der Waals surface area (Å²) in [5, 5.41) is 5.53. The van der Waals surface area contributed by atoms with Crippen LogP contribution < -0.4 is 10.2 Å². The highest BCUT2D eigenvalue weighted by atomic mass is 32.1. The largest absolute Gasteiger partial charge is 0.354 e. The average molecular weight is 290 g/mol. The average Bonchev–Trinajstić information content (AvgIpc) is 2.89. The molecule has 5 heteroatoms. The van der Waals surface area contributed by atoms with Crippen molar-refractivity contribution in [1.29, 1.82) is 0 Å². The van der Waals surface area contributed by atoms with Gasteiger partial charge in [0.25, 0.3) is 0 Å². The van der Waals surface area contributed by atoms with Crippen LogP contribution in [-0.2, 0) is 13.1 Å². The molecule has 0 aliphatic rings. The maximum absolute atomic E-state index is 4.52. The van der Waals surface area contributed by atoms with Crippen molar-refractivity contribution in [3.05, 3.63) is 40.5 Å². The Morgan fingerprint density at radius 1 is 1.25 bits per heavy atom. The minimum Gasteiger partial charge on any atom is -0.354 e. The van der Waals surface area contributed by atoms with E-state index in [2.05, 4.69) is 58.5 Å². The molecule has 0 bridgehead atoms. The second-order valence-corrected chi connectivity index (χ2v) is 6.68. The summed E-state index contributed by atoms with van der Waals surface area (Å²) < 4.78 is 0. The fourth-order valence-electron chi connectivity index (χ4n) is 1.75. The van der Waals surface area contributed by atoms with Gasteiger partial charge in [-0.05, 0) is 32.4 Å². The van der Waals surface area contributed by atoms with E-state index in [4.69, 9.17) is 0 Å². The Kier molecular flexibility index (Phi) is 4.73. The van der Waals surface area contributed by atoms with E-state index in [1.807, 2.05) is 18.8 Å².